The van der Waals surface area contributed by atoms with Crippen LogP contribution in [0.2, 0.25) is 0 Å². The Morgan fingerprint density at radius 1 is 1.10 bits per heavy atom. The number of halogens is 3. The summed E-state index contributed by atoms with van der Waals surface area (Å²) in [5.41, 5.74) is 1.08. The van der Waals surface area contributed by atoms with E-state index in [0.717, 1.165) is 5.56 Å². The van der Waals surface area contributed by atoms with E-state index in [1.807, 2.05) is 12.1 Å². The van der Waals surface area contributed by atoms with Gasteiger partial charge in [-0.15, -0.1) is 12.4 Å². The second kappa shape index (κ2) is 8.40. The van der Waals surface area contributed by atoms with Crippen molar-refractivity contribution in [2.24, 2.45) is 5.41 Å². The van der Waals surface area contributed by atoms with Crippen LogP contribution in [0, 0.1) is 5.41 Å². The minimum absolute atomic E-state index is 0. The second-order valence-electron chi connectivity index (χ2n) is 8.99. The van der Waals surface area contributed by atoms with Crippen molar-refractivity contribution >= 4 is 18.2 Å². The Bertz CT molecular complexity index is 865. The fourth-order valence-electron chi connectivity index (χ4n) is 4.46. The van der Waals surface area contributed by atoms with E-state index in [9.17, 15) is 13.9 Å². The number of hydrogen-bond acceptors (Lipinski definition) is 4. The van der Waals surface area contributed by atoms with E-state index in [4.69, 9.17) is 0 Å². The Morgan fingerprint density at radius 3 is 2.20 bits per heavy atom. The standard InChI is InChI=1S/C23H29F2N3O.ClH/c1-15(2)16-4-6-17(7-5-16)23(29,22(3)13-26-14-22)18-8-9-27-21(10-18)28-11-19(24)20(25)12-28;/h4-10,15,19-20,26,29H,11-14H2,1-3H3;1H/t19-,20+,23-;/m0./s1. The van der Waals surface area contributed by atoms with Crippen LogP contribution < -0.4 is 10.2 Å². The van der Waals surface area contributed by atoms with Crippen LogP contribution >= 0.6 is 12.4 Å². The SMILES string of the molecule is CC(C)c1ccc([C@](O)(c2ccnc(N3C[C@@H](F)[C@@H](F)C3)c2)C2(C)CNC2)cc1.Cl. The molecule has 2 aromatic rings. The second-order valence-corrected chi connectivity index (χ2v) is 8.99. The number of aromatic nitrogens is 1. The molecule has 0 bridgehead atoms. The van der Waals surface area contributed by atoms with Crippen molar-refractivity contribution in [3.05, 3.63) is 59.3 Å². The molecule has 0 aliphatic carbocycles. The molecule has 7 heteroatoms. The third-order valence-corrected chi connectivity index (χ3v) is 6.57. The van der Waals surface area contributed by atoms with Gasteiger partial charge in [0, 0.05) is 24.7 Å². The molecule has 3 heterocycles. The number of anilines is 1. The van der Waals surface area contributed by atoms with Gasteiger partial charge in [-0.3, -0.25) is 0 Å². The fraction of sp³-hybridized carbons (Fsp3) is 0.522. The molecule has 30 heavy (non-hydrogen) atoms. The van der Waals surface area contributed by atoms with E-state index < -0.39 is 23.4 Å². The van der Waals surface area contributed by atoms with Gasteiger partial charge in [-0.1, -0.05) is 45.0 Å². The van der Waals surface area contributed by atoms with E-state index in [0.29, 0.717) is 30.4 Å². The van der Waals surface area contributed by atoms with Crippen molar-refractivity contribution in [2.75, 3.05) is 31.1 Å². The van der Waals surface area contributed by atoms with Crippen molar-refractivity contribution < 1.29 is 13.9 Å². The first-order valence-corrected chi connectivity index (χ1v) is 10.3. The maximum Gasteiger partial charge on any atom is 0.150 e. The highest BCUT2D eigenvalue weighted by atomic mass is 35.5. The van der Waals surface area contributed by atoms with E-state index in [-0.39, 0.29) is 25.5 Å². The van der Waals surface area contributed by atoms with E-state index >= 15 is 0 Å². The lowest BCUT2D eigenvalue weighted by Gasteiger charge is -2.52. The largest absolute Gasteiger partial charge is 0.380 e. The lowest BCUT2D eigenvalue weighted by Crippen LogP contribution is -2.63. The summed E-state index contributed by atoms with van der Waals surface area (Å²) in [5.74, 6) is 0.904. The van der Waals surface area contributed by atoms with E-state index in [1.165, 1.54) is 5.56 Å². The lowest BCUT2D eigenvalue weighted by molar-refractivity contribution is -0.0767. The van der Waals surface area contributed by atoms with Gasteiger partial charge in [-0.25, -0.2) is 13.8 Å². The number of rotatable bonds is 5. The Kier molecular flexibility index (Phi) is 6.42. The van der Waals surface area contributed by atoms with Gasteiger partial charge in [0.2, 0.25) is 0 Å². The summed E-state index contributed by atoms with van der Waals surface area (Å²) in [6, 6.07) is 11.7. The Balaban J connectivity index is 0.00000256. The van der Waals surface area contributed by atoms with Crippen molar-refractivity contribution in [1.82, 2.24) is 10.3 Å². The van der Waals surface area contributed by atoms with Gasteiger partial charge in [0.05, 0.1) is 13.1 Å². The molecule has 1 aromatic heterocycles. The van der Waals surface area contributed by atoms with Crippen LogP contribution in [0.15, 0.2) is 42.6 Å². The molecular weight excluding hydrogens is 408 g/mol. The topological polar surface area (TPSA) is 48.4 Å². The van der Waals surface area contributed by atoms with E-state index in [2.05, 4.69) is 43.2 Å². The Labute approximate surface area is 183 Å². The minimum atomic E-state index is -1.50. The third-order valence-electron chi connectivity index (χ3n) is 6.57. The summed E-state index contributed by atoms with van der Waals surface area (Å²) in [6.45, 7) is 7.66. The summed E-state index contributed by atoms with van der Waals surface area (Å²) >= 11 is 0. The van der Waals surface area contributed by atoms with Crippen molar-refractivity contribution in [3.63, 3.8) is 0 Å². The average Bonchev–Trinajstić information content (AvgIpc) is 3.04. The number of hydrogen-bond donors (Lipinski definition) is 2. The molecule has 0 saturated carbocycles. The lowest BCUT2D eigenvalue weighted by atomic mass is 9.62. The molecule has 4 rings (SSSR count). The zero-order valence-corrected chi connectivity index (χ0v) is 18.4. The van der Waals surface area contributed by atoms with E-state index in [1.54, 1.807) is 23.2 Å². The number of nitrogens with zero attached hydrogens (tertiary/aromatic N) is 2. The molecule has 3 atom stereocenters. The smallest absolute Gasteiger partial charge is 0.150 e. The van der Waals surface area contributed by atoms with Gasteiger partial charge in [0.15, 0.2) is 12.3 Å². The Morgan fingerprint density at radius 2 is 1.70 bits per heavy atom. The molecule has 0 amide bonds. The number of benzene rings is 1. The quantitative estimate of drug-likeness (QED) is 0.743. The molecule has 2 aliphatic rings. The normalized spacial score (nSPS) is 24.8. The summed E-state index contributed by atoms with van der Waals surface area (Å²) < 4.78 is 27.4. The maximum absolute atomic E-state index is 13.7. The van der Waals surface area contributed by atoms with Crippen LogP contribution in [-0.4, -0.2) is 48.6 Å². The first-order chi connectivity index (χ1) is 13.7. The predicted octanol–water partition coefficient (Wildman–Crippen LogP) is 3.97. The van der Waals surface area contributed by atoms with Crippen LogP contribution in [0.3, 0.4) is 0 Å². The molecule has 0 unspecified atom stereocenters. The van der Waals surface area contributed by atoms with Crippen LogP contribution in [-0.2, 0) is 5.60 Å². The monoisotopic (exact) mass is 437 g/mol. The summed E-state index contributed by atoms with van der Waals surface area (Å²) in [4.78, 5) is 5.94. The zero-order valence-electron chi connectivity index (χ0n) is 17.6. The highest BCUT2D eigenvalue weighted by Gasteiger charge is 2.53. The molecule has 2 saturated heterocycles. The van der Waals surface area contributed by atoms with Gasteiger partial charge in [0.1, 0.15) is 11.4 Å². The molecule has 1 aromatic carbocycles. The van der Waals surface area contributed by atoms with Gasteiger partial charge in [-0.2, -0.15) is 0 Å². The maximum atomic E-state index is 13.7. The van der Waals surface area contributed by atoms with Gasteiger partial charge < -0.3 is 15.3 Å². The van der Waals surface area contributed by atoms with Crippen LogP contribution in [0.4, 0.5) is 14.6 Å². The summed E-state index contributed by atoms with van der Waals surface area (Å²) in [5, 5.41) is 15.4. The van der Waals surface area contributed by atoms with Crippen LogP contribution in [0.5, 0.6) is 0 Å². The number of pyridine rings is 1. The number of nitrogens with one attached hydrogen (secondary N) is 1. The number of alkyl halides is 2. The van der Waals surface area contributed by atoms with Crippen molar-refractivity contribution in [1.29, 1.82) is 0 Å². The molecule has 164 valence electrons. The first-order valence-electron chi connectivity index (χ1n) is 10.3. The van der Waals surface area contributed by atoms with Crippen molar-refractivity contribution in [2.45, 2.75) is 44.6 Å². The molecule has 0 radical (unpaired) electrons. The third kappa shape index (κ3) is 3.70. The average molecular weight is 438 g/mol. The van der Waals surface area contributed by atoms with Crippen molar-refractivity contribution in [3.8, 4) is 0 Å². The summed E-state index contributed by atoms with van der Waals surface area (Å²) in [7, 11) is 0. The number of aliphatic hydroxyl groups is 1. The minimum Gasteiger partial charge on any atom is -0.380 e. The Hall–Kier alpha value is -1.76. The zero-order chi connectivity index (χ0) is 20.8. The molecule has 4 nitrogen and oxygen atoms in total. The summed E-state index contributed by atoms with van der Waals surface area (Å²) in [6.07, 6.45) is -1.39. The highest BCUT2D eigenvalue weighted by molar-refractivity contribution is 5.85. The van der Waals surface area contributed by atoms with Gasteiger partial charge in [0.25, 0.3) is 0 Å². The van der Waals surface area contributed by atoms with Crippen LogP contribution in [0.1, 0.15) is 43.4 Å². The first kappa shape index (κ1) is 22.9. The molecular formula is C23H30ClF2N3O. The molecule has 2 fully saturated rings. The fourth-order valence-corrected chi connectivity index (χ4v) is 4.46. The highest BCUT2D eigenvalue weighted by Crippen LogP contribution is 2.48. The molecule has 2 N–H and O–H groups in total. The molecule has 0 spiro atoms. The predicted molar refractivity (Wildman–Crippen MR) is 118 cm³/mol. The van der Waals surface area contributed by atoms with Crippen LogP contribution in [0.25, 0.3) is 0 Å². The van der Waals surface area contributed by atoms with Gasteiger partial charge >= 0.3 is 0 Å². The molecule has 2 aliphatic heterocycles. The van der Waals surface area contributed by atoms with Gasteiger partial charge in [-0.05, 0) is 34.7 Å².